The van der Waals surface area contributed by atoms with Gasteiger partial charge in [-0.15, -0.1) is 0 Å². The average molecular weight is 461 g/mol. The van der Waals surface area contributed by atoms with Crippen LogP contribution in [0.25, 0.3) is 11.0 Å². The minimum absolute atomic E-state index is 0.151. The van der Waals surface area contributed by atoms with Crippen molar-refractivity contribution in [2.24, 2.45) is 0 Å². The number of hydrogen-bond donors (Lipinski definition) is 2. The number of anilines is 3. The molecule has 1 atom stereocenters. The second-order valence-electron chi connectivity index (χ2n) is 8.32. The van der Waals surface area contributed by atoms with E-state index in [1.165, 1.54) is 5.56 Å². The summed E-state index contributed by atoms with van der Waals surface area (Å²) in [5, 5.41) is 3.24. The molecule has 0 spiro atoms. The number of aromatic nitrogens is 2. The molecule has 2 N–H and O–H groups in total. The van der Waals surface area contributed by atoms with Crippen LogP contribution in [0.4, 0.5) is 17.3 Å². The predicted octanol–water partition coefficient (Wildman–Crippen LogP) is 6.30. The number of rotatable bonds is 7. The van der Waals surface area contributed by atoms with Crippen molar-refractivity contribution in [3.05, 3.63) is 83.4 Å². The molecule has 6 nitrogen and oxygen atoms in total. The minimum atomic E-state index is -3.85. The molecule has 170 valence electrons. The number of nitrogens with one attached hydrogen (secondary N) is 2. The molecule has 7 heteroatoms. The molecule has 0 saturated carbocycles. The SMILES string of the molecule is CCC(C)c1ccc(Nc2nc3ccccc3nc2NS(=O)(=O)c2ccc(C)c(C)c2)cc1. The van der Waals surface area contributed by atoms with E-state index in [2.05, 4.69) is 46.0 Å². The van der Waals surface area contributed by atoms with Crippen molar-refractivity contribution in [3.63, 3.8) is 0 Å². The quantitative estimate of drug-likeness (QED) is 0.338. The summed E-state index contributed by atoms with van der Waals surface area (Å²) in [6.45, 7) is 8.19. The van der Waals surface area contributed by atoms with Crippen LogP contribution in [-0.2, 0) is 10.0 Å². The van der Waals surface area contributed by atoms with Gasteiger partial charge in [0.1, 0.15) is 0 Å². The molecule has 1 heterocycles. The number of sulfonamides is 1. The molecule has 0 aliphatic heterocycles. The first-order chi connectivity index (χ1) is 15.8. The van der Waals surface area contributed by atoms with Crippen LogP contribution in [-0.4, -0.2) is 18.4 Å². The highest BCUT2D eigenvalue weighted by Crippen LogP contribution is 2.28. The molecule has 1 unspecified atom stereocenters. The van der Waals surface area contributed by atoms with Gasteiger partial charge in [-0.1, -0.05) is 44.2 Å². The van der Waals surface area contributed by atoms with E-state index in [1.807, 2.05) is 44.2 Å². The van der Waals surface area contributed by atoms with Gasteiger partial charge in [0, 0.05) is 5.69 Å². The zero-order chi connectivity index (χ0) is 23.6. The summed E-state index contributed by atoms with van der Waals surface area (Å²) in [6, 6.07) is 20.5. The fraction of sp³-hybridized carbons (Fsp3) is 0.231. The Morgan fingerprint density at radius 2 is 1.48 bits per heavy atom. The van der Waals surface area contributed by atoms with Gasteiger partial charge in [-0.2, -0.15) is 0 Å². The number of hydrogen-bond acceptors (Lipinski definition) is 5. The summed E-state index contributed by atoms with van der Waals surface area (Å²) < 4.78 is 28.9. The summed E-state index contributed by atoms with van der Waals surface area (Å²) in [6.07, 6.45) is 1.06. The maximum atomic E-state index is 13.2. The molecule has 3 aromatic carbocycles. The van der Waals surface area contributed by atoms with E-state index in [0.29, 0.717) is 22.8 Å². The predicted molar refractivity (Wildman–Crippen MR) is 135 cm³/mol. The lowest BCUT2D eigenvalue weighted by Gasteiger charge is -2.15. The smallest absolute Gasteiger partial charge is 0.263 e. The van der Waals surface area contributed by atoms with E-state index < -0.39 is 10.0 Å². The molecular formula is C26H28N4O2S. The molecule has 0 saturated heterocycles. The molecule has 0 amide bonds. The summed E-state index contributed by atoms with van der Waals surface area (Å²) >= 11 is 0. The average Bonchev–Trinajstić information content (AvgIpc) is 2.81. The van der Waals surface area contributed by atoms with Gasteiger partial charge in [0.05, 0.1) is 15.9 Å². The van der Waals surface area contributed by atoms with E-state index in [4.69, 9.17) is 0 Å². The lowest BCUT2D eigenvalue weighted by atomic mass is 9.99. The van der Waals surface area contributed by atoms with E-state index in [9.17, 15) is 8.42 Å². The van der Waals surface area contributed by atoms with Gasteiger partial charge in [-0.3, -0.25) is 4.72 Å². The second kappa shape index (κ2) is 9.19. The van der Waals surface area contributed by atoms with Crippen molar-refractivity contribution in [3.8, 4) is 0 Å². The largest absolute Gasteiger partial charge is 0.337 e. The molecule has 0 bridgehead atoms. The molecular weight excluding hydrogens is 432 g/mol. The van der Waals surface area contributed by atoms with Crippen LogP contribution in [0.15, 0.2) is 71.6 Å². The van der Waals surface area contributed by atoms with E-state index in [1.54, 1.807) is 24.3 Å². The van der Waals surface area contributed by atoms with Crippen molar-refractivity contribution in [1.82, 2.24) is 9.97 Å². The van der Waals surface area contributed by atoms with Crippen molar-refractivity contribution in [1.29, 1.82) is 0 Å². The Morgan fingerprint density at radius 1 is 0.848 bits per heavy atom. The standard InChI is InChI=1S/C26H28N4O2S/c1-5-17(2)20-11-13-21(14-12-20)27-25-26(29-24-9-7-6-8-23(24)28-25)30-33(31,32)22-15-10-18(3)19(4)16-22/h6-17H,5H2,1-4H3,(H,27,28)(H,29,30). The first kappa shape index (κ1) is 22.7. The van der Waals surface area contributed by atoms with Crippen LogP contribution in [0.2, 0.25) is 0 Å². The highest BCUT2D eigenvalue weighted by molar-refractivity contribution is 7.92. The molecule has 1 aromatic heterocycles. The number of fused-ring (bicyclic) bond motifs is 1. The highest BCUT2D eigenvalue weighted by atomic mass is 32.2. The van der Waals surface area contributed by atoms with Crippen LogP contribution in [0.1, 0.15) is 42.9 Å². The Morgan fingerprint density at radius 3 is 2.09 bits per heavy atom. The molecule has 0 aliphatic carbocycles. The molecule has 33 heavy (non-hydrogen) atoms. The van der Waals surface area contributed by atoms with Crippen LogP contribution in [0.5, 0.6) is 0 Å². The fourth-order valence-electron chi connectivity index (χ4n) is 3.49. The zero-order valence-electron chi connectivity index (χ0n) is 19.3. The van der Waals surface area contributed by atoms with Crippen molar-refractivity contribution >= 4 is 38.4 Å². The van der Waals surface area contributed by atoms with Crippen LogP contribution < -0.4 is 10.0 Å². The Kier molecular flexibility index (Phi) is 6.33. The van der Waals surface area contributed by atoms with E-state index in [-0.39, 0.29) is 10.7 Å². The molecule has 0 fully saturated rings. The Hall–Kier alpha value is -3.45. The van der Waals surface area contributed by atoms with E-state index >= 15 is 0 Å². The van der Waals surface area contributed by atoms with Crippen molar-refractivity contribution in [2.45, 2.75) is 44.9 Å². The normalized spacial score (nSPS) is 12.5. The summed E-state index contributed by atoms with van der Waals surface area (Å²) in [5.74, 6) is 0.968. The number of para-hydroxylation sites is 2. The summed E-state index contributed by atoms with van der Waals surface area (Å²) in [7, 11) is -3.85. The molecule has 0 aliphatic rings. The van der Waals surface area contributed by atoms with Crippen LogP contribution in [0.3, 0.4) is 0 Å². The van der Waals surface area contributed by atoms with Gasteiger partial charge in [0.15, 0.2) is 11.6 Å². The molecule has 4 rings (SSSR count). The van der Waals surface area contributed by atoms with Gasteiger partial charge in [-0.25, -0.2) is 18.4 Å². The molecule has 0 radical (unpaired) electrons. The third kappa shape index (κ3) is 4.98. The second-order valence-corrected chi connectivity index (χ2v) is 10.00. The monoisotopic (exact) mass is 460 g/mol. The Labute approximate surface area is 195 Å². The maximum Gasteiger partial charge on any atom is 0.263 e. The van der Waals surface area contributed by atoms with Crippen molar-refractivity contribution in [2.75, 3.05) is 10.0 Å². The zero-order valence-corrected chi connectivity index (χ0v) is 20.1. The fourth-order valence-corrected chi connectivity index (χ4v) is 4.59. The third-order valence-electron chi connectivity index (χ3n) is 5.95. The van der Waals surface area contributed by atoms with Crippen molar-refractivity contribution < 1.29 is 8.42 Å². The van der Waals surface area contributed by atoms with Gasteiger partial charge in [0.25, 0.3) is 10.0 Å². The summed E-state index contributed by atoms with van der Waals surface area (Å²) in [4.78, 5) is 9.40. The number of aryl methyl sites for hydroxylation is 2. The lowest BCUT2D eigenvalue weighted by Crippen LogP contribution is -2.16. The highest BCUT2D eigenvalue weighted by Gasteiger charge is 2.19. The van der Waals surface area contributed by atoms with Gasteiger partial charge in [-0.05, 0) is 79.3 Å². The number of nitrogens with zero attached hydrogens (tertiary/aromatic N) is 2. The molecule has 4 aromatic rings. The van der Waals surface area contributed by atoms with Crippen LogP contribution >= 0.6 is 0 Å². The lowest BCUT2D eigenvalue weighted by molar-refractivity contribution is 0.601. The first-order valence-electron chi connectivity index (χ1n) is 11.0. The van der Waals surface area contributed by atoms with Crippen LogP contribution in [0, 0.1) is 13.8 Å². The van der Waals surface area contributed by atoms with E-state index in [0.717, 1.165) is 23.2 Å². The van der Waals surface area contributed by atoms with Gasteiger partial charge in [0.2, 0.25) is 0 Å². The summed E-state index contributed by atoms with van der Waals surface area (Å²) in [5.41, 5.74) is 5.27. The first-order valence-corrected chi connectivity index (χ1v) is 12.5. The maximum absolute atomic E-state index is 13.2. The Balaban J connectivity index is 1.72. The van der Waals surface area contributed by atoms with Gasteiger partial charge >= 0.3 is 0 Å². The minimum Gasteiger partial charge on any atom is -0.337 e. The number of benzene rings is 3. The topological polar surface area (TPSA) is 84.0 Å². The van der Waals surface area contributed by atoms with Gasteiger partial charge < -0.3 is 5.32 Å². The Bertz CT molecular complexity index is 1400. The third-order valence-corrected chi connectivity index (χ3v) is 7.28.